The minimum Gasteiger partial charge on any atom is -0.450 e. The van der Waals surface area contributed by atoms with E-state index in [9.17, 15) is 14.4 Å². The van der Waals surface area contributed by atoms with Gasteiger partial charge >= 0.3 is 5.97 Å². The Bertz CT molecular complexity index is 975. The van der Waals surface area contributed by atoms with Crippen molar-refractivity contribution in [2.75, 3.05) is 10.2 Å². The first-order valence-corrected chi connectivity index (χ1v) is 10.5. The highest BCUT2D eigenvalue weighted by Crippen LogP contribution is 2.56. The number of nitrogens with zero attached hydrogens (tertiary/aromatic N) is 1. The van der Waals surface area contributed by atoms with E-state index in [1.165, 1.54) is 29.1 Å². The van der Waals surface area contributed by atoms with Crippen LogP contribution in [0.25, 0.3) is 0 Å². The van der Waals surface area contributed by atoms with E-state index in [-0.39, 0.29) is 12.3 Å². The Balaban J connectivity index is 1.47. The van der Waals surface area contributed by atoms with Gasteiger partial charge in [0.2, 0.25) is 5.91 Å². The lowest BCUT2D eigenvalue weighted by Gasteiger charge is -2.29. The molecule has 2 heterocycles. The molecule has 0 radical (unpaired) electrons. The van der Waals surface area contributed by atoms with Crippen LogP contribution in [0.5, 0.6) is 0 Å². The number of amides is 2. The predicted molar refractivity (Wildman–Crippen MR) is 112 cm³/mol. The van der Waals surface area contributed by atoms with Crippen LogP contribution in [0.1, 0.15) is 32.3 Å². The molecule has 0 saturated carbocycles. The Morgan fingerprint density at radius 2 is 1.93 bits per heavy atom. The van der Waals surface area contributed by atoms with E-state index >= 15 is 0 Å². The van der Waals surface area contributed by atoms with Crippen LogP contribution in [0, 0.1) is 0 Å². The summed E-state index contributed by atoms with van der Waals surface area (Å²) in [5, 5.41) is 2.77. The molecule has 150 valence electrons. The lowest BCUT2D eigenvalue weighted by Crippen LogP contribution is -2.49. The van der Waals surface area contributed by atoms with Gasteiger partial charge in [-0.2, -0.15) is 0 Å². The van der Waals surface area contributed by atoms with E-state index in [1.54, 1.807) is 0 Å². The number of carbonyl (C=O) groups is 3. The maximum Gasteiger partial charge on any atom is 0.344 e. The number of rotatable bonds is 5. The average Bonchev–Trinajstić information content (AvgIpc) is 3.24. The zero-order valence-electron chi connectivity index (χ0n) is 16.3. The molecule has 0 aliphatic carbocycles. The van der Waals surface area contributed by atoms with Gasteiger partial charge in [0.1, 0.15) is 0 Å². The van der Waals surface area contributed by atoms with Gasteiger partial charge in [-0.1, -0.05) is 43.0 Å². The number of nitrogens with one attached hydrogen (secondary N) is 1. The Hall–Kier alpha value is -2.80. The SMILES string of the molecule is CCc1ccc(NC(=O)[C@H](C)OC(=O)[C@]23CCC(=O)N2c2ccccc2S3)cc1. The van der Waals surface area contributed by atoms with E-state index in [0.717, 1.165) is 17.0 Å². The number of hydrogen-bond donors (Lipinski definition) is 1. The van der Waals surface area contributed by atoms with Crippen molar-refractivity contribution in [2.45, 2.75) is 49.0 Å². The second-order valence-electron chi connectivity index (χ2n) is 7.17. The van der Waals surface area contributed by atoms with Crippen LogP contribution in [0.4, 0.5) is 11.4 Å². The van der Waals surface area contributed by atoms with Gasteiger partial charge in [-0.25, -0.2) is 4.79 Å². The molecule has 1 fully saturated rings. The van der Waals surface area contributed by atoms with Crippen LogP contribution in [0.15, 0.2) is 53.4 Å². The molecule has 2 aliphatic heterocycles. The highest BCUT2D eigenvalue weighted by Gasteiger charge is 2.58. The Labute approximate surface area is 173 Å². The third-order valence-corrected chi connectivity index (χ3v) is 6.73. The van der Waals surface area contributed by atoms with Gasteiger partial charge in [0.25, 0.3) is 5.91 Å². The number of thioether (sulfide) groups is 1. The first kappa shape index (κ1) is 19.5. The number of carbonyl (C=O) groups excluding carboxylic acids is 3. The van der Waals surface area contributed by atoms with Crippen molar-refractivity contribution in [3.63, 3.8) is 0 Å². The van der Waals surface area contributed by atoms with Gasteiger partial charge < -0.3 is 10.1 Å². The number of aryl methyl sites for hydroxylation is 1. The lowest BCUT2D eigenvalue weighted by molar-refractivity contribution is -0.155. The summed E-state index contributed by atoms with van der Waals surface area (Å²) in [5.74, 6) is -1.07. The number of esters is 1. The van der Waals surface area contributed by atoms with Crippen molar-refractivity contribution in [1.29, 1.82) is 0 Å². The van der Waals surface area contributed by atoms with Crippen LogP contribution >= 0.6 is 11.8 Å². The van der Waals surface area contributed by atoms with Crippen LogP contribution in [-0.2, 0) is 25.5 Å². The van der Waals surface area contributed by atoms with Crippen molar-refractivity contribution in [3.05, 3.63) is 54.1 Å². The molecular formula is C22H22N2O4S. The van der Waals surface area contributed by atoms with Crippen LogP contribution in [0.3, 0.4) is 0 Å². The van der Waals surface area contributed by atoms with Crippen LogP contribution in [0.2, 0.25) is 0 Å². The number of anilines is 2. The first-order valence-electron chi connectivity index (χ1n) is 9.66. The number of ether oxygens (including phenoxy) is 1. The Morgan fingerprint density at radius 1 is 1.21 bits per heavy atom. The first-order chi connectivity index (χ1) is 13.9. The fourth-order valence-corrected chi connectivity index (χ4v) is 5.05. The summed E-state index contributed by atoms with van der Waals surface area (Å²) in [6, 6.07) is 15.0. The highest BCUT2D eigenvalue weighted by atomic mass is 32.2. The van der Waals surface area contributed by atoms with Gasteiger partial charge in [-0.15, -0.1) is 0 Å². The van der Waals surface area contributed by atoms with Crippen LogP contribution < -0.4 is 10.2 Å². The quantitative estimate of drug-likeness (QED) is 0.760. The molecule has 2 aliphatic rings. The molecule has 0 spiro atoms. The average molecular weight is 410 g/mol. The summed E-state index contributed by atoms with van der Waals surface area (Å²) in [6.45, 7) is 3.60. The van der Waals surface area contributed by atoms with Crippen molar-refractivity contribution < 1.29 is 19.1 Å². The maximum absolute atomic E-state index is 13.1. The second kappa shape index (κ2) is 7.55. The summed E-state index contributed by atoms with van der Waals surface area (Å²) >= 11 is 1.33. The van der Waals surface area contributed by atoms with Crippen molar-refractivity contribution in [1.82, 2.24) is 0 Å². The molecule has 1 N–H and O–H groups in total. The van der Waals surface area contributed by atoms with Gasteiger partial charge in [0, 0.05) is 23.4 Å². The van der Waals surface area contributed by atoms with Crippen molar-refractivity contribution >= 4 is 40.9 Å². The number of fused-ring (bicyclic) bond motifs is 3. The zero-order chi connectivity index (χ0) is 20.6. The third-order valence-electron chi connectivity index (χ3n) is 5.28. The fraction of sp³-hybridized carbons (Fsp3) is 0.318. The zero-order valence-corrected chi connectivity index (χ0v) is 17.1. The van der Waals surface area contributed by atoms with Crippen molar-refractivity contribution in [2.24, 2.45) is 0 Å². The van der Waals surface area contributed by atoms with Gasteiger partial charge in [-0.05, 0) is 43.2 Å². The molecule has 4 rings (SSSR count). The Morgan fingerprint density at radius 3 is 2.66 bits per heavy atom. The molecule has 0 unspecified atom stereocenters. The molecule has 0 bridgehead atoms. The molecule has 2 atom stereocenters. The van der Waals surface area contributed by atoms with Gasteiger partial charge in [0.05, 0.1) is 5.69 Å². The molecule has 2 aromatic rings. The van der Waals surface area contributed by atoms with E-state index in [1.807, 2.05) is 48.5 Å². The number of hydrogen-bond acceptors (Lipinski definition) is 5. The van der Waals surface area contributed by atoms with Gasteiger partial charge in [-0.3, -0.25) is 14.5 Å². The summed E-state index contributed by atoms with van der Waals surface area (Å²) in [6.07, 6.45) is 0.571. The molecule has 0 aromatic heterocycles. The summed E-state index contributed by atoms with van der Waals surface area (Å²) in [5.41, 5.74) is 2.55. The second-order valence-corrected chi connectivity index (χ2v) is 8.49. The van der Waals surface area contributed by atoms with Crippen molar-refractivity contribution in [3.8, 4) is 0 Å². The number of benzene rings is 2. The summed E-state index contributed by atoms with van der Waals surface area (Å²) < 4.78 is 5.53. The molecule has 2 amide bonds. The highest BCUT2D eigenvalue weighted by molar-refractivity contribution is 8.02. The third kappa shape index (κ3) is 3.40. The molecule has 6 nitrogen and oxygen atoms in total. The lowest BCUT2D eigenvalue weighted by atomic mass is 10.1. The number of para-hydroxylation sites is 1. The molecule has 7 heteroatoms. The minimum absolute atomic E-state index is 0.104. The topological polar surface area (TPSA) is 75.7 Å². The van der Waals surface area contributed by atoms with Gasteiger partial charge in [0.15, 0.2) is 11.0 Å². The largest absolute Gasteiger partial charge is 0.450 e. The molecule has 1 saturated heterocycles. The van der Waals surface area contributed by atoms with E-state index in [4.69, 9.17) is 4.74 Å². The summed E-state index contributed by atoms with van der Waals surface area (Å²) in [4.78, 5) is 39.3. The maximum atomic E-state index is 13.1. The Kier molecular flexibility index (Phi) is 5.08. The predicted octanol–water partition coefficient (Wildman–Crippen LogP) is 3.75. The smallest absolute Gasteiger partial charge is 0.344 e. The van der Waals surface area contributed by atoms with Crippen LogP contribution in [-0.4, -0.2) is 28.8 Å². The normalized spacial score (nSPS) is 20.8. The minimum atomic E-state index is -1.13. The molecule has 29 heavy (non-hydrogen) atoms. The van der Waals surface area contributed by atoms with E-state index < -0.39 is 22.9 Å². The van der Waals surface area contributed by atoms with E-state index in [0.29, 0.717) is 12.1 Å². The molecular weight excluding hydrogens is 388 g/mol. The monoisotopic (exact) mass is 410 g/mol. The molecule has 2 aromatic carbocycles. The summed E-state index contributed by atoms with van der Waals surface area (Å²) in [7, 11) is 0. The van der Waals surface area contributed by atoms with E-state index in [2.05, 4.69) is 12.2 Å². The standard InChI is InChI=1S/C22H22N2O4S/c1-3-15-8-10-16(11-9-15)23-20(26)14(2)28-21(27)22-13-12-19(25)24(22)17-6-4-5-7-18(17)29-22/h4-11,14H,3,12-13H2,1-2H3,(H,23,26)/t14-,22+/m0/s1. The fourth-order valence-electron chi connectivity index (χ4n) is 3.65.